The second-order valence-electron chi connectivity index (χ2n) is 50.4. The lowest BCUT2D eigenvalue weighted by atomic mass is 9.73. The summed E-state index contributed by atoms with van der Waals surface area (Å²) in [6.45, 7) is 38.5. The van der Waals surface area contributed by atoms with Crippen LogP contribution in [-0.2, 0) is 57.5 Å². The molecule has 11 amide bonds. The average molecular weight is 2010 g/mol. The quantitative estimate of drug-likeness (QED) is 0.0284. The van der Waals surface area contributed by atoms with Gasteiger partial charge in [-0.15, -0.1) is 24.8 Å². The SMILES string of the molecule is CCCC(NC(=O)[C@@H]1CC2(CN1C(=O)[C@@H](N)C(C)(C)C)C(C)(C)C21CCC1)C(O)C(=O)NC1CC1.CCCC(NC(=O)[C@@H]1CC2(CN1C(=O)[C@@H](NC(=O)[C@@H](N)C1CCCCC1)C(C)(C)C)C(C)(C)C21CCC1)C(O)C(=O)NC1CC1.CCCC(NC(=O)[C@@H]1CC2(CN1C(=O)[C@@H](NC(=O)[C@@H](NC)C1CCCCC1)C(C)(C)C)C(C)(C)C21CCC1)C(O)C(=O)NC1CC1.CN[C@H](C(=O)O)C1CCCCC1.Cl.Cl. The number of fused-ring (bicyclic) bond motifs is 3. The van der Waals surface area contributed by atoms with Crippen molar-refractivity contribution < 1.29 is 78.0 Å². The molecule has 12 saturated carbocycles. The summed E-state index contributed by atoms with van der Waals surface area (Å²) >= 11 is 0. The van der Waals surface area contributed by atoms with Gasteiger partial charge in [-0.05, 0) is 235 Å². The topological polar surface area (TPSA) is 468 Å². The Morgan fingerprint density at radius 3 is 0.857 bits per heavy atom. The Hall–Kier alpha value is -6.06. The highest BCUT2D eigenvalue weighted by atomic mass is 35.5. The van der Waals surface area contributed by atoms with Crippen LogP contribution in [0.3, 0.4) is 0 Å². The molecular formula is C107H185Cl2N15O16. The number of carbonyl (C=O) groups is 12. The predicted octanol–water partition coefficient (Wildman–Crippen LogP) is 10.7. The van der Waals surface area contributed by atoms with Crippen molar-refractivity contribution in [1.82, 2.24) is 67.9 Å². The average Bonchev–Trinajstić information content (AvgIpc) is 1.46. The molecule has 6 spiro atoms. The van der Waals surface area contributed by atoms with Gasteiger partial charge in [-0.1, -0.05) is 221 Å². The molecule has 18 atom stereocenters. The number of nitrogens with zero attached hydrogens (tertiary/aromatic N) is 3. The lowest BCUT2D eigenvalue weighted by molar-refractivity contribution is -0.145. The van der Waals surface area contributed by atoms with E-state index in [1.54, 1.807) is 21.7 Å². The minimum absolute atomic E-state index is 0. The Labute approximate surface area is 848 Å². The van der Waals surface area contributed by atoms with Gasteiger partial charge >= 0.3 is 5.97 Å². The van der Waals surface area contributed by atoms with E-state index in [1.807, 2.05) is 90.1 Å². The Bertz CT molecular complexity index is 4340. The molecule has 31 nitrogen and oxygen atoms in total. The molecule has 9 unspecified atom stereocenters. The fourth-order valence-electron chi connectivity index (χ4n) is 28.4. The Morgan fingerprint density at radius 1 is 0.350 bits per heavy atom. The largest absolute Gasteiger partial charge is 0.480 e. The van der Waals surface area contributed by atoms with E-state index < -0.39 is 119 Å². The molecule has 0 aromatic carbocycles. The lowest BCUT2D eigenvalue weighted by Gasteiger charge is -2.38. The van der Waals surface area contributed by atoms with E-state index in [4.69, 9.17) is 16.6 Å². The van der Waals surface area contributed by atoms with Gasteiger partial charge in [-0.3, -0.25) is 57.5 Å². The van der Waals surface area contributed by atoms with Crippen molar-refractivity contribution in [2.75, 3.05) is 33.7 Å². The maximum atomic E-state index is 14.8. The summed E-state index contributed by atoms with van der Waals surface area (Å²) in [5.74, 6) is -3.48. The molecule has 140 heavy (non-hydrogen) atoms. The molecule has 798 valence electrons. The normalized spacial score (nSPS) is 28.9. The highest BCUT2D eigenvalue weighted by Gasteiger charge is 2.88. The number of likely N-dealkylation sites (tertiary alicyclic amines) is 3. The highest BCUT2D eigenvalue weighted by molar-refractivity contribution is 5.97. The zero-order chi connectivity index (χ0) is 102. The molecule has 18 N–H and O–H groups in total. The van der Waals surface area contributed by atoms with Gasteiger partial charge in [0.15, 0.2) is 18.3 Å². The number of carboxylic acid groups (broad SMARTS) is 1. The summed E-state index contributed by atoms with van der Waals surface area (Å²) in [6.07, 6.45) is 33.0. The summed E-state index contributed by atoms with van der Waals surface area (Å²) in [6, 6.07) is -7.79. The van der Waals surface area contributed by atoms with E-state index in [-0.39, 0.29) is 163 Å². The van der Waals surface area contributed by atoms with Gasteiger partial charge < -0.3 is 99.8 Å². The van der Waals surface area contributed by atoms with Gasteiger partial charge in [-0.25, -0.2) is 0 Å². The maximum Gasteiger partial charge on any atom is 0.320 e. The summed E-state index contributed by atoms with van der Waals surface area (Å²) in [4.78, 5) is 167. The molecule has 0 aromatic rings. The van der Waals surface area contributed by atoms with E-state index in [0.29, 0.717) is 83.3 Å². The maximum absolute atomic E-state index is 14.8. The zero-order valence-electron chi connectivity index (χ0n) is 88.8. The number of amides is 11. The second-order valence-corrected chi connectivity index (χ2v) is 50.4. The van der Waals surface area contributed by atoms with Gasteiger partial charge in [-0.2, -0.15) is 0 Å². The molecule has 0 aromatic heterocycles. The van der Waals surface area contributed by atoms with Crippen LogP contribution in [0.5, 0.6) is 0 Å². The predicted molar refractivity (Wildman–Crippen MR) is 546 cm³/mol. The summed E-state index contributed by atoms with van der Waals surface area (Å²) in [5.41, 5.74) is 11.2. The molecule has 15 fully saturated rings. The first-order valence-corrected chi connectivity index (χ1v) is 54.2. The van der Waals surface area contributed by atoms with Crippen LogP contribution in [0.25, 0.3) is 0 Å². The summed E-state index contributed by atoms with van der Waals surface area (Å²) in [7, 11) is 3.55. The highest BCUT2D eigenvalue weighted by Crippen LogP contribution is 2.90. The van der Waals surface area contributed by atoms with Crippen LogP contribution in [-0.4, -0.2) is 249 Å². The number of aliphatic hydroxyl groups is 3. The number of hydrogen-bond acceptors (Lipinski definition) is 19. The molecule has 0 radical (unpaired) electrons. The number of hydrogen-bond donors (Lipinski definition) is 16. The Kier molecular flexibility index (Phi) is 37.5. The number of nitrogens with one attached hydrogen (secondary N) is 10. The first-order valence-electron chi connectivity index (χ1n) is 54.2. The van der Waals surface area contributed by atoms with Gasteiger partial charge in [0, 0.05) is 54.0 Å². The van der Waals surface area contributed by atoms with Crippen LogP contribution < -0.4 is 64.6 Å². The van der Waals surface area contributed by atoms with E-state index in [2.05, 4.69) is 94.7 Å². The first kappa shape index (κ1) is 116. The van der Waals surface area contributed by atoms with Crippen molar-refractivity contribution in [1.29, 1.82) is 0 Å². The smallest absolute Gasteiger partial charge is 0.320 e. The number of halogens is 2. The van der Waals surface area contributed by atoms with Crippen molar-refractivity contribution in [3.63, 3.8) is 0 Å². The molecule has 33 heteroatoms. The fourth-order valence-corrected chi connectivity index (χ4v) is 28.4. The van der Waals surface area contributed by atoms with E-state index >= 15 is 0 Å². The van der Waals surface area contributed by atoms with Crippen molar-refractivity contribution in [3.05, 3.63) is 0 Å². The Balaban J connectivity index is 0.000000204. The standard InChI is InChI=1S/C36H61N5O5.C35H59N5O5.C27H46N4O4.C9H17NO2.2ClH/c1-8-13-24(27(42)31(45)38-23-16-17-23)39-29(43)25-20-36(34(5,6)35(36)18-12-19-35)21-41(25)32(46)28(33(2,3)4)40-30(44)26(37-7)22-14-10-9-11-15-22;1-7-12-23(26(41)30(44)37-22-15-16-22)38-28(42)24-19-35(33(5,6)34(35)17-11-18-34)20-40(24)31(45)27(32(2,3)4)39-29(43)25(36)21-13-9-8-10-14-21;1-7-9-17(19(32)22(34)29-16-10-11-16)30-21(33)18-14-27(25(5,6)26(27)12-8-13-26)15-31(18)23(35)20(28)24(2,3)4;1-10-8(9(11)12)7-5-3-2-4-6-7;;/h22-28,37,42H,8-21H2,1-7H3,(H,38,45)(H,39,43)(H,40,44);21-27,41H,7-20,36H2,1-6H3,(H,37,44)(H,38,42)(H,39,43);16-20,32H,7-15,28H2,1-6H3,(H,29,34)(H,30,33);7-8,10H,2-6H2,1H3,(H,11,12);2*1H/t24?,25-,26-,27?,28+,36?;23?,24-,25-,26?,27+,35?;17?,18-,19?,20+,27?;8-;;/m0000../s1. The number of aliphatic hydroxyl groups excluding tert-OH is 3. The molecule has 15 aliphatic rings. The lowest BCUT2D eigenvalue weighted by Crippen LogP contribution is -2.61. The van der Waals surface area contributed by atoms with E-state index in [1.165, 1.54) is 32.1 Å². The summed E-state index contributed by atoms with van der Waals surface area (Å²) < 4.78 is 0. The molecule has 12 aliphatic carbocycles. The number of carbonyl (C=O) groups excluding carboxylic acids is 11. The van der Waals surface area contributed by atoms with Crippen LogP contribution >= 0.6 is 24.8 Å². The zero-order valence-corrected chi connectivity index (χ0v) is 90.5. The molecule has 15 rings (SSSR count). The van der Waals surface area contributed by atoms with E-state index in [0.717, 1.165) is 161 Å². The molecule has 3 saturated heterocycles. The van der Waals surface area contributed by atoms with Crippen molar-refractivity contribution in [2.24, 2.45) is 94.2 Å². The molecular weight excluding hydrogens is 1820 g/mol. The van der Waals surface area contributed by atoms with Crippen molar-refractivity contribution in [3.8, 4) is 0 Å². The number of rotatable bonds is 34. The molecule has 0 bridgehead atoms. The van der Waals surface area contributed by atoms with Gasteiger partial charge in [0.05, 0.1) is 36.3 Å². The molecule has 3 heterocycles. The van der Waals surface area contributed by atoms with Crippen LogP contribution in [0.1, 0.15) is 375 Å². The Morgan fingerprint density at radius 2 is 0.621 bits per heavy atom. The minimum Gasteiger partial charge on any atom is -0.480 e. The van der Waals surface area contributed by atoms with Crippen LogP contribution in [0.2, 0.25) is 0 Å². The van der Waals surface area contributed by atoms with Crippen LogP contribution in [0.15, 0.2) is 0 Å². The first-order chi connectivity index (χ1) is 64.7. The number of nitrogens with two attached hydrogens (primary N) is 2. The minimum atomic E-state index is -1.37. The monoisotopic (exact) mass is 2010 g/mol. The third-order valence-electron chi connectivity index (χ3n) is 38.6. The second kappa shape index (κ2) is 45.3. The fraction of sp³-hybridized carbons (Fsp3) is 0.888. The molecule has 3 aliphatic heterocycles. The number of likely N-dealkylation sites (N-methyl/N-ethyl adjacent to an activating group) is 2. The third kappa shape index (κ3) is 22.8. The van der Waals surface area contributed by atoms with Gasteiger partial charge in [0.2, 0.25) is 47.3 Å². The van der Waals surface area contributed by atoms with E-state index in [9.17, 15) is 72.9 Å². The van der Waals surface area contributed by atoms with Gasteiger partial charge in [0.25, 0.3) is 17.7 Å². The van der Waals surface area contributed by atoms with Crippen molar-refractivity contribution in [2.45, 2.75) is 484 Å². The third-order valence-corrected chi connectivity index (χ3v) is 38.6. The number of carboxylic acids is 1. The van der Waals surface area contributed by atoms with Gasteiger partial charge in [0.1, 0.15) is 36.3 Å². The van der Waals surface area contributed by atoms with Crippen LogP contribution in [0.4, 0.5) is 0 Å². The number of aliphatic carboxylic acids is 1. The van der Waals surface area contributed by atoms with Crippen LogP contribution in [0, 0.1) is 82.7 Å². The van der Waals surface area contributed by atoms with Crippen molar-refractivity contribution >= 4 is 95.8 Å². The summed E-state index contributed by atoms with van der Waals surface area (Å²) in [5, 5.41) is 71.4.